The number of amides is 1. The maximum Gasteiger partial charge on any atom is 0.254 e. The number of carbonyl (C=O) groups excluding carboxylic acids is 1. The quantitative estimate of drug-likeness (QED) is 0.864. The van der Waals surface area contributed by atoms with Crippen molar-refractivity contribution in [2.24, 2.45) is 0 Å². The molecule has 0 spiro atoms. The summed E-state index contributed by atoms with van der Waals surface area (Å²) in [6, 6.07) is 4.23. The average molecular weight is 271 g/mol. The van der Waals surface area contributed by atoms with Crippen LogP contribution in [0.1, 0.15) is 24.2 Å². The Kier molecular flexibility index (Phi) is 5.98. The highest BCUT2D eigenvalue weighted by atomic mass is 32.2. The Labute approximate surface area is 111 Å². The number of carbonyl (C=O) groups is 1. The molecule has 18 heavy (non-hydrogen) atoms. The van der Waals surface area contributed by atoms with Crippen molar-refractivity contribution in [3.05, 3.63) is 29.6 Å². The predicted octanol–water partition coefficient (Wildman–Crippen LogP) is 2.71. The van der Waals surface area contributed by atoms with Gasteiger partial charge in [0.05, 0.1) is 12.7 Å². The lowest BCUT2D eigenvalue weighted by molar-refractivity contribution is 0.0939. The molecule has 1 aromatic carbocycles. The molecule has 3 nitrogen and oxygen atoms in total. The second-order valence-electron chi connectivity index (χ2n) is 3.88. The molecule has 1 rings (SSSR count). The van der Waals surface area contributed by atoms with Gasteiger partial charge in [0.1, 0.15) is 11.6 Å². The topological polar surface area (TPSA) is 38.3 Å². The Bertz CT molecular complexity index is 412. The normalized spacial score (nSPS) is 12.0. The molecule has 1 amide bonds. The van der Waals surface area contributed by atoms with Crippen LogP contribution < -0.4 is 10.1 Å². The number of nitrogens with one attached hydrogen (secondary N) is 1. The lowest BCUT2D eigenvalue weighted by Gasteiger charge is -2.13. The van der Waals surface area contributed by atoms with E-state index in [-0.39, 0.29) is 17.5 Å². The number of hydrogen-bond acceptors (Lipinski definition) is 3. The molecule has 1 N–H and O–H groups in total. The monoisotopic (exact) mass is 271 g/mol. The van der Waals surface area contributed by atoms with Crippen LogP contribution in [0, 0.1) is 5.82 Å². The minimum Gasteiger partial charge on any atom is -0.497 e. The van der Waals surface area contributed by atoms with E-state index >= 15 is 0 Å². The standard InChI is InChI=1S/C13H18FNO2S/c1-4-18-8-9(2)15-13(16)11-6-5-10(17-3)7-12(11)14/h5-7,9H,4,8H2,1-3H3,(H,15,16). The van der Waals surface area contributed by atoms with Crippen LogP contribution in [0.15, 0.2) is 18.2 Å². The van der Waals surface area contributed by atoms with E-state index in [0.717, 1.165) is 11.5 Å². The first-order valence-electron chi connectivity index (χ1n) is 5.80. The number of ether oxygens (including phenoxy) is 1. The minimum atomic E-state index is -0.567. The number of halogens is 1. The van der Waals surface area contributed by atoms with E-state index in [9.17, 15) is 9.18 Å². The number of rotatable bonds is 6. The first-order valence-corrected chi connectivity index (χ1v) is 6.96. The Morgan fingerprint density at radius 3 is 2.83 bits per heavy atom. The summed E-state index contributed by atoms with van der Waals surface area (Å²) in [5.41, 5.74) is 0.0455. The average Bonchev–Trinajstić information content (AvgIpc) is 2.35. The van der Waals surface area contributed by atoms with Crippen LogP contribution in [-0.4, -0.2) is 30.6 Å². The van der Waals surface area contributed by atoms with Gasteiger partial charge in [0, 0.05) is 17.9 Å². The molecule has 0 aliphatic rings. The van der Waals surface area contributed by atoms with E-state index in [0.29, 0.717) is 5.75 Å². The van der Waals surface area contributed by atoms with Gasteiger partial charge >= 0.3 is 0 Å². The Morgan fingerprint density at radius 2 is 2.28 bits per heavy atom. The zero-order valence-corrected chi connectivity index (χ0v) is 11.6. The molecule has 0 saturated heterocycles. The lowest BCUT2D eigenvalue weighted by atomic mass is 10.2. The van der Waals surface area contributed by atoms with Gasteiger partial charge in [-0.25, -0.2) is 4.39 Å². The van der Waals surface area contributed by atoms with Gasteiger partial charge in [0.2, 0.25) is 0 Å². The second-order valence-corrected chi connectivity index (χ2v) is 5.20. The molecule has 100 valence electrons. The molecule has 1 unspecified atom stereocenters. The van der Waals surface area contributed by atoms with Crippen LogP contribution in [0.5, 0.6) is 5.75 Å². The number of methoxy groups -OCH3 is 1. The third-order valence-electron chi connectivity index (χ3n) is 2.37. The van der Waals surface area contributed by atoms with E-state index in [1.54, 1.807) is 17.8 Å². The van der Waals surface area contributed by atoms with Crippen molar-refractivity contribution < 1.29 is 13.9 Å². The van der Waals surface area contributed by atoms with Gasteiger partial charge in [-0.15, -0.1) is 0 Å². The molecule has 1 aromatic rings. The van der Waals surface area contributed by atoms with Crippen LogP contribution in [0.3, 0.4) is 0 Å². The molecule has 0 heterocycles. The highest BCUT2D eigenvalue weighted by Crippen LogP contribution is 2.16. The molecule has 0 aliphatic heterocycles. The second kappa shape index (κ2) is 7.26. The van der Waals surface area contributed by atoms with E-state index in [1.807, 2.05) is 6.92 Å². The van der Waals surface area contributed by atoms with E-state index < -0.39 is 5.82 Å². The summed E-state index contributed by atoms with van der Waals surface area (Å²) < 4.78 is 18.5. The Balaban J connectivity index is 2.66. The summed E-state index contributed by atoms with van der Waals surface area (Å²) in [6.45, 7) is 3.96. The van der Waals surface area contributed by atoms with E-state index in [4.69, 9.17) is 4.74 Å². The van der Waals surface area contributed by atoms with Gasteiger partial charge in [0.25, 0.3) is 5.91 Å². The smallest absolute Gasteiger partial charge is 0.254 e. The number of hydrogen-bond donors (Lipinski definition) is 1. The number of benzene rings is 1. The fraction of sp³-hybridized carbons (Fsp3) is 0.462. The molecule has 0 bridgehead atoms. The van der Waals surface area contributed by atoms with E-state index in [1.165, 1.54) is 19.2 Å². The highest BCUT2D eigenvalue weighted by molar-refractivity contribution is 7.99. The molecular weight excluding hydrogens is 253 g/mol. The van der Waals surface area contributed by atoms with Crippen LogP contribution >= 0.6 is 11.8 Å². The van der Waals surface area contributed by atoms with Gasteiger partial charge in [0.15, 0.2) is 0 Å². The van der Waals surface area contributed by atoms with Crippen molar-refractivity contribution in [2.75, 3.05) is 18.6 Å². The first-order chi connectivity index (χ1) is 8.58. The maximum absolute atomic E-state index is 13.6. The zero-order valence-electron chi connectivity index (χ0n) is 10.8. The summed E-state index contributed by atoms with van der Waals surface area (Å²) in [4.78, 5) is 11.8. The van der Waals surface area contributed by atoms with Crippen molar-refractivity contribution in [1.82, 2.24) is 5.32 Å². The molecule has 0 aromatic heterocycles. The predicted molar refractivity (Wildman–Crippen MR) is 72.9 cm³/mol. The molecule has 0 fully saturated rings. The van der Waals surface area contributed by atoms with Crippen molar-refractivity contribution >= 4 is 17.7 Å². The molecule has 0 saturated carbocycles. The van der Waals surface area contributed by atoms with Gasteiger partial charge < -0.3 is 10.1 Å². The van der Waals surface area contributed by atoms with Crippen LogP contribution in [0.4, 0.5) is 4.39 Å². The summed E-state index contributed by atoms with van der Waals surface area (Å²) in [5, 5.41) is 2.77. The third-order valence-corrected chi connectivity index (χ3v) is 3.51. The molecule has 5 heteroatoms. The third kappa shape index (κ3) is 4.22. The first kappa shape index (κ1) is 14.8. The van der Waals surface area contributed by atoms with Crippen molar-refractivity contribution in [2.45, 2.75) is 19.9 Å². The Hall–Kier alpha value is -1.23. The molecule has 1 atom stereocenters. The zero-order chi connectivity index (χ0) is 13.5. The highest BCUT2D eigenvalue weighted by Gasteiger charge is 2.14. The molecule has 0 radical (unpaired) electrons. The van der Waals surface area contributed by atoms with Crippen molar-refractivity contribution in [3.63, 3.8) is 0 Å². The SMILES string of the molecule is CCSCC(C)NC(=O)c1ccc(OC)cc1F. The molecular formula is C13H18FNO2S. The maximum atomic E-state index is 13.6. The van der Waals surface area contributed by atoms with Crippen LogP contribution in [-0.2, 0) is 0 Å². The van der Waals surface area contributed by atoms with Crippen LogP contribution in [0.25, 0.3) is 0 Å². The Morgan fingerprint density at radius 1 is 1.56 bits per heavy atom. The molecule has 0 aliphatic carbocycles. The van der Waals surface area contributed by atoms with Crippen LogP contribution in [0.2, 0.25) is 0 Å². The summed E-state index contributed by atoms with van der Waals surface area (Å²) in [7, 11) is 1.46. The largest absolute Gasteiger partial charge is 0.497 e. The van der Waals surface area contributed by atoms with Gasteiger partial charge in [-0.2, -0.15) is 11.8 Å². The summed E-state index contributed by atoms with van der Waals surface area (Å²) >= 11 is 1.74. The van der Waals surface area contributed by atoms with Gasteiger partial charge in [-0.05, 0) is 24.8 Å². The van der Waals surface area contributed by atoms with Crippen molar-refractivity contribution in [1.29, 1.82) is 0 Å². The summed E-state index contributed by atoms with van der Waals surface area (Å²) in [6.07, 6.45) is 0. The number of thioether (sulfide) groups is 1. The van der Waals surface area contributed by atoms with E-state index in [2.05, 4.69) is 12.2 Å². The fourth-order valence-electron chi connectivity index (χ4n) is 1.44. The van der Waals surface area contributed by atoms with Gasteiger partial charge in [-0.1, -0.05) is 6.92 Å². The van der Waals surface area contributed by atoms with Gasteiger partial charge in [-0.3, -0.25) is 4.79 Å². The minimum absolute atomic E-state index is 0.0175. The fourth-order valence-corrected chi connectivity index (χ4v) is 2.12. The lowest BCUT2D eigenvalue weighted by Crippen LogP contribution is -2.34. The summed E-state index contributed by atoms with van der Waals surface area (Å²) in [5.74, 6) is 1.26. The van der Waals surface area contributed by atoms with Crippen molar-refractivity contribution in [3.8, 4) is 5.75 Å².